The minimum absolute atomic E-state index is 0.188. The molecule has 3 nitrogen and oxygen atoms in total. The van der Waals surface area contributed by atoms with Crippen molar-refractivity contribution in [3.63, 3.8) is 0 Å². The molecule has 1 aliphatic heterocycles. The predicted molar refractivity (Wildman–Crippen MR) is 92.3 cm³/mol. The van der Waals surface area contributed by atoms with Gasteiger partial charge in [-0.1, -0.05) is 18.2 Å². The number of primary amides is 1. The molecule has 1 atom stereocenters. The van der Waals surface area contributed by atoms with Crippen molar-refractivity contribution < 1.29 is 9.18 Å². The number of para-hydroxylation sites is 1. The van der Waals surface area contributed by atoms with Gasteiger partial charge in [-0.2, -0.15) is 0 Å². The smallest absolute Gasteiger partial charge is 0.225 e. The largest absolute Gasteiger partial charge is 0.370 e. The lowest BCUT2D eigenvalue weighted by molar-refractivity contribution is -0.119. The minimum atomic E-state index is -0.252. The molecule has 1 aliphatic rings. The third-order valence-corrected chi connectivity index (χ3v) is 5.12. The van der Waals surface area contributed by atoms with Gasteiger partial charge in [-0.15, -0.1) is 11.8 Å². The lowest BCUT2D eigenvalue weighted by Crippen LogP contribution is -2.36. The van der Waals surface area contributed by atoms with E-state index in [9.17, 15) is 9.18 Å². The Balaban J connectivity index is 1.65. The second-order valence-electron chi connectivity index (χ2n) is 5.59. The van der Waals surface area contributed by atoms with Crippen molar-refractivity contribution in [1.29, 1.82) is 0 Å². The van der Waals surface area contributed by atoms with Crippen molar-refractivity contribution in [2.24, 2.45) is 5.73 Å². The van der Waals surface area contributed by atoms with Crippen LogP contribution in [0, 0.1) is 5.82 Å². The molecule has 0 spiro atoms. The van der Waals surface area contributed by atoms with Crippen LogP contribution in [-0.4, -0.2) is 24.7 Å². The van der Waals surface area contributed by atoms with Gasteiger partial charge < -0.3 is 10.6 Å². The number of benzene rings is 2. The Bertz CT molecular complexity index is 690. The third kappa shape index (κ3) is 3.67. The molecule has 1 heterocycles. The van der Waals surface area contributed by atoms with Gasteiger partial charge in [-0.3, -0.25) is 4.79 Å². The van der Waals surface area contributed by atoms with Crippen LogP contribution in [0.5, 0.6) is 0 Å². The number of thioether (sulfide) groups is 1. The molecular weight excluding hydrogens is 311 g/mol. The molecule has 2 aromatic carbocycles. The quantitative estimate of drug-likeness (QED) is 0.855. The lowest BCUT2D eigenvalue weighted by Gasteiger charge is -2.34. The molecule has 2 aromatic rings. The highest BCUT2D eigenvalue weighted by Crippen LogP contribution is 2.35. The van der Waals surface area contributed by atoms with E-state index in [1.807, 2.05) is 24.3 Å². The number of rotatable bonds is 5. The van der Waals surface area contributed by atoms with Crippen molar-refractivity contribution >= 4 is 23.4 Å². The van der Waals surface area contributed by atoms with Gasteiger partial charge in [0.1, 0.15) is 5.82 Å². The fourth-order valence-corrected chi connectivity index (χ4v) is 3.84. The average molecular weight is 330 g/mol. The molecule has 1 amide bonds. The summed E-state index contributed by atoms with van der Waals surface area (Å²) in [6, 6.07) is 14.5. The van der Waals surface area contributed by atoms with E-state index >= 15 is 0 Å². The zero-order chi connectivity index (χ0) is 16.2. The molecule has 0 fully saturated rings. The molecule has 0 aromatic heterocycles. The van der Waals surface area contributed by atoms with Crippen molar-refractivity contribution in [2.75, 3.05) is 23.7 Å². The summed E-state index contributed by atoms with van der Waals surface area (Å²) in [5, 5.41) is 0. The molecule has 0 radical (unpaired) electrons. The summed E-state index contributed by atoms with van der Waals surface area (Å²) in [6.07, 6.45) is 0.758. The summed E-state index contributed by atoms with van der Waals surface area (Å²) in [7, 11) is 0. The van der Waals surface area contributed by atoms with Gasteiger partial charge in [0.15, 0.2) is 0 Å². The molecule has 3 rings (SSSR count). The Hall–Kier alpha value is -2.01. The van der Waals surface area contributed by atoms with E-state index in [2.05, 4.69) is 4.90 Å². The molecule has 2 N–H and O–H groups in total. The molecule has 0 unspecified atom stereocenters. The third-order valence-electron chi connectivity index (χ3n) is 4.13. The summed E-state index contributed by atoms with van der Waals surface area (Å²) in [6.45, 7) is 1.71. The number of nitrogens with two attached hydrogens (primary N) is 1. The van der Waals surface area contributed by atoms with E-state index in [-0.39, 0.29) is 17.6 Å². The van der Waals surface area contributed by atoms with Gasteiger partial charge in [-0.05, 0) is 42.3 Å². The molecule has 0 aliphatic carbocycles. The summed E-state index contributed by atoms with van der Waals surface area (Å²) < 4.78 is 12.9. The summed E-state index contributed by atoms with van der Waals surface area (Å²) in [4.78, 5) is 15.0. The van der Waals surface area contributed by atoms with Crippen LogP contribution in [0.2, 0.25) is 0 Å². The van der Waals surface area contributed by atoms with Gasteiger partial charge in [0.2, 0.25) is 5.91 Å². The number of anilines is 1. The van der Waals surface area contributed by atoms with Crippen molar-refractivity contribution in [3.05, 3.63) is 59.9 Å². The van der Waals surface area contributed by atoms with Gasteiger partial charge >= 0.3 is 0 Å². The van der Waals surface area contributed by atoms with E-state index < -0.39 is 0 Å². The van der Waals surface area contributed by atoms with Crippen molar-refractivity contribution in [3.8, 4) is 0 Å². The van der Waals surface area contributed by atoms with Crippen LogP contribution in [0.1, 0.15) is 17.9 Å². The topological polar surface area (TPSA) is 46.3 Å². The molecule has 120 valence electrons. The Morgan fingerprint density at radius 3 is 2.70 bits per heavy atom. The normalized spacial score (nSPS) is 16.9. The van der Waals surface area contributed by atoms with Crippen LogP contribution < -0.4 is 10.6 Å². The highest BCUT2D eigenvalue weighted by molar-refractivity contribution is 7.99. The standard InChI is InChI=1S/C18H19FN2OS/c19-13-5-7-14(8-6-13)23-12-11-21-10-9-16(18(20)22)15-3-1-2-4-17(15)21/h1-8,16H,9-12H2,(H2,20,22)/t16-/m1/s1. The number of nitrogens with zero attached hydrogens (tertiary/aromatic N) is 1. The maximum Gasteiger partial charge on any atom is 0.225 e. The van der Waals surface area contributed by atoms with Crippen molar-refractivity contribution in [1.82, 2.24) is 0 Å². The number of fused-ring (bicyclic) bond motifs is 1. The molecule has 0 bridgehead atoms. The highest BCUT2D eigenvalue weighted by atomic mass is 32.2. The number of halogens is 1. The zero-order valence-corrected chi connectivity index (χ0v) is 13.6. The van der Waals surface area contributed by atoms with Crippen LogP contribution in [0.3, 0.4) is 0 Å². The Morgan fingerprint density at radius 1 is 1.22 bits per heavy atom. The van der Waals surface area contributed by atoms with E-state index in [4.69, 9.17) is 5.73 Å². The zero-order valence-electron chi connectivity index (χ0n) is 12.7. The van der Waals surface area contributed by atoms with Gasteiger partial charge in [0, 0.05) is 29.4 Å². The van der Waals surface area contributed by atoms with E-state index in [0.717, 1.165) is 41.4 Å². The van der Waals surface area contributed by atoms with Gasteiger partial charge in [0.05, 0.1) is 5.92 Å². The maximum atomic E-state index is 12.9. The average Bonchev–Trinajstić information content (AvgIpc) is 2.56. The minimum Gasteiger partial charge on any atom is -0.370 e. The molecular formula is C18H19FN2OS. The Kier molecular flexibility index (Phi) is 4.86. The van der Waals surface area contributed by atoms with Crippen LogP contribution >= 0.6 is 11.8 Å². The summed E-state index contributed by atoms with van der Waals surface area (Å²) in [5.74, 6) is 0.253. The monoisotopic (exact) mass is 330 g/mol. The first-order valence-corrected chi connectivity index (χ1v) is 8.65. The van der Waals surface area contributed by atoms with Crippen molar-refractivity contribution in [2.45, 2.75) is 17.2 Å². The fourth-order valence-electron chi connectivity index (χ4n) is 2.96. The van der Waals surface area contributed by atoms with Crippen LogP contribution in [0.15, 0.2) is 53.4 Å². The highest BCUT2D eigenvalue weighted by Gasteiger charge is 2.27. The number of carbonyl (C=O) groups is 1. The van der Waals surface area contributed by atoms with Crippen LogP contribution in [0.4, 0.5) is 10.1 Å². The molecule has 5 heteroatoms. The first-order valence-electron chi connectivity index (χ1n) is 7.66. The molecule has 0 saturated carbocycles. The van der Waals surface area contributed by atoms with Crippen LogP contribution in [0.25, 0.3) is 0 Å². The second kappa shape index (κ2) is 7.04. The fraction of sp³-hybridized carbons (Fsp3) is 0.278. The lowest BCUT2D eigenvalue weighted by atomic mass is 9.89. The molecule has 0 saturated heterocycles. The number of hydrogen-bond donors (Lipinski definition) is 1. The first-order chi connectivity index (χ1) is 11.1. The van der Waals surface area contributed by atoms with Gasteiger partial charge in [-0.25, -0.2) is 4.39 Å². The van der Waals surface area contributed by atoms with E-state index in [1.54, 1.807) is 23.9 Å². The maximum absolute atomic E-state index is 12.9. The number of hydrogen-bond acceptors (Lipinski definition) is 3. The van der Waals surface area contributed by atoms with E-state index in [1.165, 1.54) is 12.1 Å². The second-order valence-corrected chi connectivity index (χ2v) is 6.76. The molecule has 23 heavy (non-hydrogen) atoms. The Labute approximate surface area is 139 Å². The number of amides is 1. The first kappa shape index (κ1) is 15.9. The van der Waals surface area contributed by atoms with Gasteiger partial charge in [0.25, 0.3) is 0 Å². The SMILES string of the molecule is NC(=O)[C@@H]1CCN(CCSc2ccc(F)cc2)c2ccccc21. The number of carbonyl (C=O) groups excluding carboxylic acids is 1. The Morgan fingerprint density at radius 2 is 1.96 bits per heavy atom. The summed E-state index contributed by atoms with van der Waals surface area (Å²) >= 11 is 1.70. The van der Waals surface area contributed by atoms with Crippen LogP contribution in [-0.2, 0) is 4.79 Å². The predicted octanol–water partition coefficient (Wildman–Crippen LogP) is 3.40. The van der Waals surface area contributed by atoms with E-state index in [0.29, 0.717) is 0 Å². The summed E-state index contributed by atoms with van der Waals surface area (Å²) in [5.41, 5.74) is 7.65.